The molecule has 2 aromatic heterocycles. The summed E-state index contributed by atoms with van der Waals surface area (Å²) in [7, 11) is -1.99. The molecule has 1 aliphatic rings. The Kier molecular flexibility index (Phi) is 5.88. The van der Waals surface area contributed by atoms with E-state index in [0.717, 1.165) is 22.6 Å². The standard InChI is InChI=1S/C22H25N5O3S/c1-16-15-21(17(2)14-20(16)30-3)31(28,29)27-12-10-26(11-13-27)22-5-4-19(24-25-22)18-6-8-23-9-7-18/h4-9,14-15H,10-13H2,1-3H3. The lowest BCUT2D eigenvalue weighted by Crippen LogP contribution is -2.49. The van der Waals surface area contributed by atoms with E-state index in [1.165, 1.54) is 4.31 Å². The molecule has 0 atom stereocenters. The van der Waals surface area contributed by atoms with Gasteiger partial charge in [0.2, 0.25) is 10.0 Å². The SMILES string of the molecule is COc1cc(C)c(S(=O)(=O)N2CCN(c3ccc(-c4ccncc4)nn3)CC2)cc1C. The summed E-state index contributed by atoms with van der Waals surface area (Å²) < 4.78 is 33.3. The molecular weight excluding hydrogens is 414 g/mol. The van der Waals surface area contributed by atoms with E-state index >= 15 is 0 Å². The van der Waals surface area contributed by atoms with Gasteiger partial charge in [-0.25, -0.2) is 8.42 Å². The van der Waals surface area contributed by atoms with Gasteiger partial charge in [-0.2, -0.15) is 4.31 Å². The number of sulfonamides is 1. The fourth-order valence-corrected chi connectivity index (χ4v) is 5.44. The van der Waals surface area contributed by atoms with Gasteiger partial charge in [0.05, 0.1) is 17.7 Å². The molecule has 3 aromatic rings. The van der Waals surface area contributed by atoms with Crippen LogP contribution in [-0.2, 0) is 10.0 Å². The van der Waals surface area contributed by atoms with Crippen LogP contribution in [0.1, 0.15) is 11.1 Å². The van der Waals surface area contributed by atoms with Crippen molar-refractivity contribution in [1.82, 2.24) is 19.5 Å². The summed E-state index contributed by atoms with van der Waals surface area (Å²) in [6, 6.07) is 11.1. The van der Waals surface area contributed by atoms with E-state index in [-0.39, 0.29) is 0 Å². The Balaban J connectivity index is 1.47. The number of methoxy groups -OCH3 is 1. The number of rotatable bonds is 5. The topological polar surface area (TPSA) is 88.5 Å². The largest absolute Gasteiger partial charge is 0.496 e. The van der Waals surface area contributed by atoms with Crippen LogP contribution in [0, 0.1) is 13.8 Å². The van der Waals surface area contributed by atoms with E-state index in [1.54, 1.807) is 38.6 Å². The summed E-state index contributed by atoms with van der Waals surface area (Å²) in [4.78, 5) is 6.40. The number of anilines is 1. The Labute approximate surface area is 182 Å². The summed E-state index contributed by atoms with van der Waals surface area (Å²) >= 11 is 0. The maximum atomic E-state index is 13.2. The van der Waals surface area contributed by atoms with Gasteiger partial charge in [0, 0.05) is 44.1 Å². The lowest BCUT2D eigenvalue weighted by molar-refractivity contribution is 0.382. The van der Waals surface area contributed by atoms with Crippen molar-refractivity contribution in [1.29, 1.82) is 0 Å². The Morgan fingerprint density at radius 2 is 1.61 bits per heavy atom. The predicted molar refractivity (Wildman–Crippen MR) is 119 cm³/mol. The molecule has 3 heterocycles. The summed E-state index contributed by atoms with van der Waals surface area (Å²) in [6.45, 7) is 5.53. The van der Waals surface area contributed by atoms with Crippen LogP contribution in [0.15, 0.2) is 53.7 Å². The van der Waals surface area contributed by atoms with Crippen molar-refractivity contribution in [2.45, 2.75) is 18.7 Å². The molecule has 8 nitrogen and oxygen atoms in total. The zero-order valence-corrected chi connectivity index (χ0v) is 18.6. The molecule has 1 saturated heterocycles. The third kappa shape index (κ3) is 4.24. The van der Waals surface area contributed by atoms with Gasteiger partial charge < -0.3 is 9.64 Å². The van der Waals surface area contributed by atoms with Crippen LogP contribution in [0.5, 0.6) is 5.75 Å². The van der Waals surface area contributed by atoms with Crippen molar-refractivity contribution in [3.8, 4) is 17.0 Å². The molecular formula is C22H25N5O3S. The maximum absolute atomic E-state index is 13.2. The highest BCUT2D eigenvalue weighted by Crippen LogP contribution is 2.28. The smallest absolute Gasteiger partial charge is 0.243 e. The number of piperazine rings is 1. The first-order valence-electron chi connectivity index (χ1n) is 10.0. The summed E-state index contributed by atoms with van der Waals surface area (Å²) in [6.07, 6.45) is 3.44. The van der Waals surface area contributed by atoms with Crippen molar-refractivity contribution in [3.05, 3.63) is 59.9 Å². The van der Waals surface area contributed by atoms with E-state index in [9.17, 15) is 8.42 Å². The van der Waals surface area contributed by atoms with Crippen LogP contribution in [-0.4, -0.2) is 61.2 Å². The molecule has 0 radical (unpaired) electrons. The molecule has 1 fully saturated rings. The van der Waals surface area contributed by atoms with E-state index < -0.39 is 10.0 Å². The number of aromatic nitrogens is 3. The first kappa shape index (κ1) is 21.2. The van der Waals surface area contributed by atoms with Crippen LogP contribution in [0.3, 0.4) is 0 Å². The number of benzene rings is 1. The second kappa shape index (κ2) is 8.60. The Morgan fingerprint density at radius 1 is 0.903 bits per heavy atom. The fraction of sp³-hybridized carbons (Fsp3) is 0.318. The summed E-state index contributed by atoms with van der Waals surface area (Å²) in [5.74, 6) is 1.43. The number of nitrogens with zero attached hydrogens (tertiary/aromatic N) is 5. The van der Waals surface area contributed by atoms with Crippen LogP contribution < -0.4 is 9.64 Å². The maximum Gasteiger partial charge on any atom is 0.243 e. The quantitative estimate of drug-likeness (QED) is 0.604. The minimum absolute atomic E-state index is 0.334. The number of pyridine rings is 1. The molecule has 0 aliphatic carbocycles. The molecule has 1 aromatic carbocycles. The lowest BCUT2D eigenvalue weighted by atomic mass is 10.1. The van der Waals surface area contributed by atoms with Gasteiger partial charge in [-0.1, -0.05) is 0 Å². The molecule has 0 amide bonds. The Morgan fingerprint density at radius 3 is 2.23 bits per heavy atom. The monoisotopic (exact) mass is 439 g/mol. The van der Waals surface area contributed by atoms with Crippen LogP contribution in [0.4, 0.5) is 5.82 Å². The van der Waals surface area contributed by atoms with Crippen molar-refractivity contribution < 1.29 is 13.2 Å². The highest BCUT2D eigenvalue weighted by atomic mass is 32.2. The molecule has 162 valence electrons. The van der Waals surface area contributed by atoms with Crippen molar-refractivity contribution in [3.63, 3.8) is 0 Å². The second-order valence-corrected chi connectivity index (χ2v) is 9.40. The lowest BCUT2D eigenvalue weighted by Gasteiger charge is -2.34. The first-order chi connectivity index (χ1) is 14.9. The Hall–Kier alpha value is -3.04. The van der Waals surface area contributed by atoms with Gasteiger partial charge in [0.25, 0.3) is 0 Å². The zero-order valence-electron chi connectivity index (χ0n) is 17.8. The number of ether oxygens (including phenoxy) is 1. The second-order valence-electron chi connectivity index (χ2n) is 7.49. The molecule has 0 unspecified atom stereocenters. The molecule has 0 saturated carbocycles. The highest BCUT2D eigenvalue weighted by molar-refractivity contribution is 7.89. The van der Waals surface area contributed by atoms with Gasteiger partial charge in [-0.05, 0) is 61.4 Å². The van der Waals surface area contributed by atoms with E-state index in [2.05, 4.69) is 20.1 Å². The summed E-state index contributed by atoms with van der Waals surface area (Å²) in [5, 5.41) is 8.66. The van der Waals surface area contributed by atoms with Crippen molar-refractivity contribution in [2.24, 2.45) is 0 Å². The molecule has 0 bridgehead atoms. The van der Waals surface area contributed by atoms with Crippen LogP contribution >= 0.6 is 0 Å². The van der Waals surface area contributed by atoms with Gasteiger partial charge in [-0.15, -0.1) is 10.2 Å². The first-order valence-corrected chi connectivity index (χ1v) is 11.5. The van der Waals surface area contributed by atoms with Gasteiger partial charge >= 0.3 is 0 Å². The third-order valence-electron chi connectivity index (χ3n) is 5.50. The highest BCUT2D eigenvalue weighted by Gasteiger charge is 2.30. The van der Waals surface area contributed by atoms with Gasteiger partial charge in [0.15, 0.2) is 5.82 Å². The van der Waals surface area contributed by atoms with E-state index in [0.29, 0.717) is 42.4 Å². The Bertz CT molecular complexity index is 1160. The molecule has 1 aliphatic heterocycles. The molecule has 0 spiro atoms. The molecule has 0 N–H and O–H groups in total. The minimum Gasteiger partial charge on any atom is -0.496 e. The van der Waals surface area contributed by atoms with Crippen molar-refractivity contribution >= 4 is 15.8 Å². The number of hydrogen-bond donors (Lipinski definition) is 0. The summed E-state index contributed by atoms with van der Waals surface area (Å²) in [5.41, 5.74) is 3.21. The predicted octanol–water partition coefficient (Wildman–Crippen LogP) is 2.67. The van der Waals surface area contributed by atoms with Crippen LogP contribution in [0.2, 0.25) is 0 Å². The fourth-order valence-electron chi connectivity index (χ4n) is 3.73. The molecule has 31 heavy (non-hydrogen) atoms. The van der Waals surface area contributed by atoms with E-state index in [4.69, 9.17) is 4.74 Å². The molecule has 4 rings (SSSR count). The zero-order chi connectivity index (χ0) is 22.0. The minimum atomic E-state index is -3.58. The molecule has 9 heteroatoms. The third-order valence-corrected chi connectivity index (χ3v) is 7.54. The number of hydrogen-bond acceptors (Lipinski definition) is 7. The normalized spacial score (nSPS) is 15.1. The average molecular weight is 440 g/mol. The van der Waals surface area contributed by atoms with Gasteiger partial charge in [-0.3, -0.25) is 4.98 Å². The van der Waals surface area contributed by atoms with E-state index in [1.807, 2.05) is 31.2 Å². The average Bonchev–Trinajstić information content (AvgIpc) is 2.81. The number of aryl methyl sites for hydroxylation is 2. The van der Waals surface area contributed by atoms with Gasteiger partial charge in [0.1, 0.15) is 5.75 Å². The van der Waals surface area contributed by atoms with Crippen molar-refractivity contribution in [2.75, 3.05) is 38.2 Å². The van der Waals surface area contributed by atoms with Crippen LogP contribution in [0.25, 0.3) is 11.3 Å².